The van der Waals surface area contributed by atoms with Crippen LogP contribution in [0.25, 0.3) is 0 Å². The molecule has 0 unspecified atom stereocenters. The van der Waals surface area contributed by atoms with Crippen molar-refractivity contribution in [3.05, 3.63) is 59.9 Å². The summed E-state index contributed by atoms with van der Waals surface area (Å²) in [5.74, 6) is 0.880. The number of ether oxygens (including phenoxy) is 2. The van der Waals surface area contributed by atoms with Crippen LogP contribution < -0.4 is 9.47 Å². The van der Waals surface area contributed by atoms with Gasteiger partial charge in [0.15, 0.2) is 6.10 Å². The Morgan fingerprint density at radius 2 is 1.96 bits per heavy atom. The van der Waals surface area contributed by atoms with Gasteiger partial charge in [0.2, 0.25) is 0 Å². The number of likely N-dealkylation sites (tertiary alicyclic amines) is 1. The summed E-state index contributed by atoms with van der Waals surface area (Å²) in [7, 11) is 1.63. The number of halogens is 1. The van der Waals surface area contributed by atoms with Crippen molar-refractivity contribution in [2.45, 2.75) is 31.9 Å². The lowest BCUT2D eigenvalue weighted by atomic mass is 10.0. The zero-order valence-corrected chi connectivity index (χ0v) is 14.4. The van der Waals surface area contributed by atoms with Crippen molar-refractivity contribution in [1.29, 1.82) is 0 Å². The van der Waals surface area contributed by atoms with Crippen LogP contribution in [0, 0.1) is 5.82 Å². The third kappa shape index (κ3) is 3.92. The zero-order chi connectivity index (χ0) is 17.8. The van der Waals surface area contributed by atoms with Crippen molar-refractivity contribution in [3.8, 4) is 11.5 Å². The molecule has 25 heavy (non-hydrogen) atoms. The smallest absolute Gasteiger partial charge is 0.263 e. The Labute approximate surface area is 147 Å². The van der Waals surface area contributed by atoms with Gasteiger partial charge in [0.25, 0.3) is 5.91 Å². The second-order valence-electron chi connectivity index (χ2n) is 6.18. The molecular formula is C20H22FNO3. The number of hydrogen-bond acceptors (Lipinski definition) is 3. The molecule has 0 saturated carbocycles. The normalized spacial score (nSPS) is 18.0. The fourth-order valence-corrected chi connectivity index (χ4v) is 3.23. The number of carbonyl (C=O) groups is 1. The monoisotopic (exact) mass is 343 g/mol. The van der Waals surface area contributed by atoms with Gasteiger partial charge in [0.05, 0.1) is 13.2 Å². The summed E-state index contributed by atoms with van der Waals surface area (Å²) in [6.45, 7) is 2.43. The van der Waals surface area contributed by atoms with Crippen molar-refractivity contribution in [1.82, 2.24) is 4.90 Å². The molecule has 1 saturated heterocycles. The summed E-state index contributed by atoms with van der Waals surface area (Å²) in [4.78, 5) is 14.7. The summed E-state index contributed by atoms with van der Waals surface area (Å²) in [5, 5.41) is 0. The predicted molar refractivity (Wildman–Crippen MR) is 93.2 cm³/mol. The Balaban J connectivity index is 1.72. The Morgan fingerprint density at radius 3 is 2.68 bits per heavy atom. The Kier molecular flexibility index (Phi) is 5.22. The molecule has 0 aliphatic carbocycles. The van der Waals surface area contributed by atoms with Gasteiger partial charge in [-0.2, -0.15) is 0 Å². The summed E-state index contributed by atoms with van der Waals surface area (Å²) in [6, 6.07) is 13.6. The summed E-state index contributed by atoms with van der Waals surface area (Å²) >= 11 is 0. The molecule has 2 aromatic rings. The minimum atomic E-state index is -0.628. The van der Waals surface area contributed by atoms with Crippen molar-refractivity contribution in [2.24, 2.45) is 0 Å². The summed E-state index contributed by atoms with van der Waals surface area (Å²) in [6.07, 6.45) is 1.25. The Morgan fingerprint density at radius 1 is 1.20 bits per heavy atom. The van der Waals surface area contributed by atoms with Gasteiger partial charge < -0.3 is 14.4 Å². The zero-order valence-electron chi connectivity index (χ0n) is 14.4. The molecule has 4 nitrogen and oxygen atoms in total. The fourth-order valence-electron chi connectivity index (χ4n) is 3.23. The highest BCUT2D eigenvalue weighted by molar-refractivity contribution is 5.81. The van der Waals surface area contributed by atoms with Gasteiger partial charge in [0.1, 0.15) is 17.3 Å². The van der Waals surface area contributed by atoms with Crippen LogP contribution in [0.5, 0.6) is 11.5 Å². The first-order valence-electron chi connectivity index (χ1n) is 8.45. The van der Waals surface area contributed by atoms with Crippen LogP contribution in [0.4, 0.5) is 4.39 Å². The van der Waals surface area contributed by atoms with E-state index in [-0.39, 0.29) is 17.8 Å². The van der Waals surface area contributed by atoms with Crippen LogP contribution in [0.2, 0.25) is 0 Å². The van der Waals surface area contributed by atoms with E-state index in [1.165, 1.54) is 24.3 Å². The highest BCUT2D eigenvalue weighted by atomic mass is 19.1. The molecule has 1 fully saturated rings. The lowest BCUT2D eigenvalue weighted by Crippen LogP contribution is -2.40. The lowest BCUT2D eigenvalue weighted by molar-refractivity contribution is -0.138. The molecule has 0 spiro atoms. The molecule has 1 aliphatic rings. The van der Waals surface area contributed by atoms with E-state index in [1.54, 1.807) is 14.0 Å². The molecule has 0 radical (unpaired) electrons. The van der Waals surface area contributed by atoms with Gasteiger partial charge in [-0.25, -0.2) is 4.39 Å². The van der Waals surface area contributed by atoms with Crippen molar-refractivity contribution < 1.29 is 18.7 Å². The van der Waals surface area contributed by atoms with Gasteiger partial charge >= 0.3 is 0 Å². The highest BCUT2D eigenvalue weighted by Crippen LogP contribution is 2.34. The molecule has 5 heteroatoms. The predicted octanol–water partition coefficient (Wildman–Crippen LogP) is 3.97. The molecule has 2 aromatic carbocycles. The van der Waals surface area contributed by atoms with Gasteiger partial charge in [-0.3, -0.25) is 4.79 Å². The molecule has 1 amide bonds. The van der Waals surface area contributed by atoms with Crippen LogP contribution in [-0.4, -0.2) is 30.6 Å². The van der Waals surface area contributed by atoms with Crippen molar-refractivity contribution >= 4 is 5.91 Å². The molecule has 2 atom stereocenters. The SMILES string of the molecule is COc1cccc([C@@H]2CCCN2C(=O)[C@H](C)Oc2ccc(F)cc2)c1. The van der Waals surface area contributed by atoms with Crippen LogP contribution in [0.1, 0.15) is 31.4 Å². The van der Waals surface area contributed by atoms with E-state index in [0.717, 1.165) is 24.2 Å². The molecule has 1 aliphatic heterocycles. The second-order valence-corrected chi connectivity index (χ2v) is 6.18. The number of methoxy groups -OCH3 is 1. The number of hydrogen-bond donors (Lipinski definition) is 0. The van der Waals surface area contributed by atoms with Gasteiger partial charge in [-0.05, 0) is 61.7 Å². The Bertz CT molecular complexity index is 732. The number of carbonyl (C=O) groups excluding carboxylic acids is 1. The van der Waals surface area contributed by atoms with Gasteiger partial charge in [-0.15, -0.1) is 0 Å². The molecule has 0 aromatic heterocycles. The number of rotatable bonds is 5. The Hall–Kier alpha value is -2.56. The van der Waals surface area contributed by atoms with Gasteiger partial charge in [-0.1, -0.05) is 12.1 Å². The molecule has 1 heterocycles. The van der Waals surface area contributed by atoms with Crippen LogP contribution in [-0.2, 0) is 4.79 Å². The first kappa shape index (κ1) is 17.3. The van der Waals surface area contributed by atoms with Crippen molar-refractivity contribution in [3.63, 3.8) is 0 Å². The maximum atomic E-state index is 13.0. The molecule has 0 N–H and O–H groups in total. The van der Waals surface area contributed by atoms with E-state index >= 15 is 0 Å². The average Bonchev–Trinajstić information content (AvgIpc) is 3.12. The van der Waals surface area contributed by atoms with Crippen LogP contribution in [0.15, 0.2) is 48.5 Å². The lowest BCUT2D eigenvalue weighted by Gasteiger charge is -2.28. The molecular weight excluding hydrogens is 321 g/mol. The largest absolute Gasteiger partial charge is 0.497 e. The van der Waals surface area contributed by atoms with Crippen LogP contribution in [0.3, 0.4) is 0 Å². The topological polar surface area (TPSA) is 38.8 Å². The summed E-state index contributed by atoms with van der Waals surface area (Å²) in [5.41, 5.74) is 1.07. The first-order chi connectivity index (χ1) is 12.1. The molecule has 0 bridgehead atoms. The van der Waals surface area contributed by atoms with E-state index in [4.69, 9.17) is 9.47 Å². The average molecular weight is 343 g/mol. The van der Waals surface area contributed by atoms with E-state index in [9.17, 15) is 9.18 Å². The summed E-state index contributed by atoms with van der Waals surface area (Å²) < 4.78 is 24.0. The maximum Gasteiger partial charge on any atom is 0.263 e. The fraction of sp³-hybridized carbons (Fsp3) is 0.350. The third-order valence-electron chi connectivity index (χ3n) is 4.49. The maximum absolute atomic E-state index is 13.0. The van der Waals surface area contributed by atoms with E-state index in [2.05, 4.69) is 0 Å². The number of benzene rings is 2. The first-order valence-corrected chi connectivity index (χ1v) is 8.45. The molecule has 3 rings (SSSR count). The third-order valence-corrected chi connectivity index (χ3v) is 4.49. The van der Waals surface area contributed by atoms with E-state index in [0.29, 0.717) is 12.3 Å². The highest BCUT2D eigenvalue weighted by Gasteiger charge is 2.33. The molecule has 132 valence electrons. The number of amides is 1. The van der Waals surface area contributed by atoms with E-state index < -0.39 is 6.10 Å². The number of nitrogens with zero attached hydrogens (tertiary/aromatic N) is 1. The standard InChI is InChI=1S/C20H22FNO3/c1-14(25-17-10-8-16(21)9-11-17)20(23)22-12-4-7-19(22)15-5-3-6-18(13-15)24-2/h3,5-6,8-11,13-14,19H,4,7,12H2,1-2H3/t14-,19-/m0/s1. The quantitative estimate of drug-likeness (QED) is 0.825. The van der Waals surface area contributed by atoms with Gasteiger partial charge in [0, 0.05) is 6.54 Å². The van der Waals surface area contributed by atoms with Crippen molar-refractivity contribution in [2.75, 3.05) is 13.7 Å². The van der Waals surface area contributed by atoms with Crippen LogP contribution >= 0.6 is 0 Å². The minimum absolute atomic E-state index is 0.0295. The second kappa shape index (κ2) is 7.55. The minimum Gasteiger partial charge on any atom is -0.497 e. The van der Waals surface area contributed by atoms with E-state index in [1.807, 2.05) is 29.2 Å².